The molecule has 1 aliphatic rings. The van der Waals surface area contributed by atoms with Crippen molar-refractivity contribution < 1.29 is 17.9 Å². The predicted octanol–water partition coefficient (Wildman–Crippen LogP) is 0.934. The molecule has 6 nitrogen and oxygen atoms in total. The molecular formula is C14H22N2O4S. The van der Waals surface area contributed by atoms with Crippen LogP contribution in [-0.2, 0) is 10.0 Å². The molecule has 1 fully saturated rings. The Morgan fingerprint density at radius 3 is 2.71 bits per heavy atom. The fraction of sp³-hybridized carbons (Fsp3) is 0.571. The number of hydrogen-bond donors (Lipinski definition) is 1. The summed E-state index contributed by atoms with van der Waals surface area (Å²) in [6.07, 6.45) is 0.874. The summed E-state index contributed by atoms with van der Waals surface area (Å²) in [5.41, 5.74) is 0. The lowest BCUT2D eigenvalue weighted by atomic mass is 10.1. The average molecular weight is 314 g/mol. The highest BCUT2D eigenvalue weighted by Crippen LogP contribution is 2.32. The van der Waals surface area contributed by atoms with Gasteiger partial charge in [-0.15, -0.1) is 0 Å². The van der Waals surface area contributed by atoms with Crippen molar-refractivity contribution in [2.75, 3.05) is 40.9 Å². The number of methoxy groups -OCH3 is 2. The second-order valence-corrected chi connectivity index (χ2v) is 7.00. The van der Waals surface area contributed by atoms with Crippen LogP contribution in [0.1, 0.15) is 6.42 Å². The molecule has 2 rings (SSSR count). The van der Waals surface area contributed by atoms with Gasteiger partial charge in [-0.25, -0.2) is 8.42 Å². The molecule has 1 aromatic carbocycles. The second-order valence-electron chi connectivity index (χ2n) is 5.09. The van der Waals surface area contributed by atoms with Gasteiger partial charge in [0.25, 0.3) is 0 Å². The van der Waals surface area contributed by atoms with Gasteiger partial charge in [-0.05, 0) is 38.1 Å². The van der Waals surface area contributed by atoms with Gasteiger partial charge in [0.2, 0.25) is 10.0 Å². The van der Waals surface area contributed by atoms with E-state index in [2.05, 4.69) is 5.32 Å². The van der Waals surface area contributed by atoms with Crippen molar-refractivity contribution in [2.45, 2.75) is 11.3 Å². The van der Waals surface area contributed by atoms with Crippen LogP contribution in [0.25, 0.3) is 0 Å². The Morgan fingerprint density at radius 1 is 1.33 bits per heavy atom. The van der Waals surface area contributed by atoms with Gasteiger partial charge >= 0.3 is 0 Å². The molecule has 0 spiro atoms. The zero-order chi connectivity index (χ0) is 15.5. The van der Waals surface area contributed by atoms with Gasteiger partial charge in [-0.1, -0.05) is 0 Å². The number of nitrogens with zero attached hydrogens (tertiary/aromatic N) is 1. The standard InChI is InChI=1S/C14H22N2O4S/c1-15-9-11-6-7-16(10-11)21(17,18)14-5-4-12(19-2)8-13(14)20-3/h4-5,8,11,15H,6-7,9-10H2,1-3H3. The molecule has 0 amide bonds. The molecule has 1 saturated heterocycles. The maximum Gasteiger partial charge on any atom is 0.246 e. The number of rotatable bonds is 6. The van der Waals surface area contributed by atoms with Crippen LogP contribution in [0.5, 0.6) is 11.5 Å². The molecule has 1 aliphatic heterocycles. The molecule has 0 aliphatic carbocycles. The monoisotopic (exact) mass is 314 g/mol. The fourth-order valence-corrected chi connectivity index (χ4v) is 4.27. The van der Waals surface area contributed by atoms with E-state index in [-0.39, 0.29) is 4.90 Å². The molecule has 0 bridgehead atoms. The van der Waals surface area contributed by atoms with Crippen LogP contribution in [-0.4, -0.2) is 53.6 Å². The molecule has 1 N–H and O–H groups in total. The van der Waals surface area contributed by atoms with Gasteiger partial charge in [0.05, 0.1) is 14.2 Å². The van der Waals surface area contributed by atoms with E-state index in [0.717, 1.165) is 13.0 Å². The molecule has 1 aromatic rings. The SMILES string of the molecule is CNCC1CCN(S(=O)(=O)c2ccc(OC)cc2OC)C1. The van der Waals surface area contributed by atoms with Crippen LogP contribution in [0.2, 0.25) is 0 Å². The van der Waals surface area contributed by atoms with Crippen molar-refractivity contribution in [1.29, 1.82) is 0 Å². The normalized spacial score (nSPS) is 19.7. The van der Waals surface area contributed by atoms with E-state index < -0.39 is 10.0 Å². The lowest BCUT2D eigenvalue weighted by Crippen LogP contribution is -2.30. The highest BCUT2D eigenvalue weighted by Gasteiger charge is 2.34. The molecule has 0 saturated carbocycles. The van der Waals surface area contributed by atoms with Gasteiger partial charge in [-0.3, -0.25) is 0 Å². The fourth-order valence-electron chi connectivity index (χ4n) is 2.60. The Balaban J connectivity index is 2.28. The first-order valence-electron chi connectivity index (χ1n) is 6.89. The van der Waals surface area contributed by atoms with Gasteiger partial charge in [-0.2, -0.15) is 4.31 Å². The topological polar surface area (TPSA) is 67.9 Å². The van der Waals surface area contributed by atoms with Gasteiger partial charge in [0.1, 0.15) is 16.4 Å². The minimum atomic E-state index is -3.53. The number of benzene rings is 1. The van der Waals surface area contributed by atoms with Crippen molar-refractivity contribution in [3.63, 3.8) is 0 Å². The predicted molar refractivity (Wildman–Crippen MR) is 80.3 cm³/mol. The molecule has 1 atom stereocenters. The van der Waals surface area contributed by atoms with Crippen LogP contribution in [0.15, 0.2) is 23.1 Å². The Kier molecular flexibility index (Phi) is 5.08. The first-order valence-corrected chi connectivity index (χ1v) is 8.33. The van der Waals surface area contributed by atoms with Crippen LogP contribution in [0.3, 0.4) is 0 Å². The average Bonchev–Trinajstić information content (AvgIpc) is 2.96. The maximum atomic E-state index is 12.7. The van der Waals surface area contributed by atoms with E-state index in [1.54, 1.807) is 18.2 Å². The lowest BCUT2D eigenvalue weighted by Gasteiger charge is -2.18. The molecule has 1 heterocycles. The largest absolute Gasteiger partial charge is 0.497 e. The van der Waals surface area contributed by atoms with E-state index in [0.29, 0.717) is 30.5 Å². The van der Waals surface area contributed by atoms with Gasteiger partial charge < -0.3 is 14.8 Å². The third kappa shape index (κ3) is 3.30. The summed E-state index contributed by atoms with van der Waals surface area (Å²) in [6, 6.07) is 4.77. The van der Waals surface area contributed by atoms with E-state index in [1.807, 2.05) is 7.05 Å². The molecule has 7 heteroatoms. The van der Waals surface area contributed by atoms with Crippen LogP contribution in [0, 0.1) is 5.92 Å². The highest BCUT2D eigenvalue weighted by atomic mass is 32.2. The van der Waals surface area contributed by atoms with Gasteiger partial charge in [0, 0.05) is 19.2 Å². The molecule has 1 unspecified atom stereocenters. The van der Waals surface area contributed by atoms with Gasteiger partial charge in [0.15, 0.2) is 0 Å². The Hall–Kier alpha value is -1.31. The Bertz CT molecular complexity index is 589. The minimum Gasteiger partial charge on any atom is -0.497 e. The molecule has 0 radical (unpaired) electrons. The smallest absolute Gasteiger partial charge is 0.246 e. The van der Waals surface area contributed by atoms with Crippen molar-refractivity contribution >= 4 is 10.0 Å². The summed E-state index contributed by atoms with van der Waals surface area (Å²) in [6.45, 7) is 1.91. The number of sulfonamides is 1. The zero-order valence-electron chi connectivity index (χ0n) is 12.6. The van der Waals surface area contributed by atoms with E-state index in [4.69, 9.17) is 9.47 Å². The summed E-state index contributed by atoms with van der Waals surface area (Å²) in [5, 5.41) is 3.10. The lowest BCUT2D eigenvalue weighted by molar-refractivity contribution is 0.383. The molecular weight excluding hydrogens is 292 g/mol. The van der Waals surface area contributed by atoms with Crippen LogP contribution >= 0.6 is 0 Å². The van der Waals surface area contributed by atoms with Crippen molar-refractivity contribution in [3.8, 4) is 11.5 Å². The maximum absolute atomic E-state index is 12.7. The molecule has 21 heavy (non-hydrogen) atoms. The summed E-state index contributed by atoms with van der Waals surface area (Å²) >= 11 is 0. The third-order valence-corrected chi connectivity index (χ3v) is 5.63. The van der Waals surface area contributed by atoms with Crippen molar-refractivity contribution in [3.05, 3.63) is 18.2 Å². The minimum absolute atomic E-state index is 0.191. The van der Waals surface area contributed by atoms with Crippen LogP contribution < -0.4 is 14.8 Å². The Morgan fingerprint density at radius 2 is 2.10 bits per heavy atom. The summed E-state index contributed by atoms with van der Waals surface area (Å²) < 4.78 is 37.3. The summed E-state index contributed by atoms with van der Waals surface area (Å²) in [7, 11) is 1.34. The summed E-state index contributed by atoms with van der Waals surface area (Å²) in [4.78, 5) is 0.191. The zero-order valence-corrected chi connectivity index (χ0v) is 13.4. The highest BCUT2D eigenvalue weighted by molar-refractivity contribution is 7.89. The number of ether oxygens (including phenoxy) is 2. The summed E-state index contributed by atoms with van der Waals surface area (Å²) in [5.74, 6) is 1.24. The van der Waals surface area contributed by atoms with E-state index >= 15 is 0 Å². The second kappa shape index (κ2) is 6.64. The van der Waals surface area contributed by atoms with Crippen LogP contribution in [0.4, 0.5) is 0 Å². The van der Waals surface area contributed by atoms with E-state index in [1.165, 1.54) is 18.5 Å². The molecule has 0 aromatic heterocycles. The quantitative estimate of drug-likeness (QED) is 0.846. The molecule has 118 valence electrons. The van der Waals surface area contributed by atoms with E-state index in [9.17, 15) is 8.42 Å². The number of nitrogens with one attached hydrogen (secondary N) is 1. The first-order chi connectivity index (χ1) is 10.0. The Labute approximate surface area is 126 Å². The first kappa shape index (κ1) is 16.1. The third-order valence-electron chi connectivity index (χ3n) is 3.73. The van der Waals surface area contributed by atoms with Crippen molar-refractivity contribution in [1.82, 2.24) is 9.62 Å². The van der Waals surface area contributed by atoms with Crippen molar-refractivity contribution in [2.24, 2.45) is 5.92 Å². The number of hydrogen-bond acceptors (Lipinski definition) is 5.